The van der Waals surface area contributed by atoms with Crippen molar-refractivity contribution in [2.75, 3.05) is 9.80 Å². The third kappa shape index (κ3) is 3.96. The number of carbonyl (C=O) groups excluding carboxylic acids is 4. The number of carbonyl (C=O) groups is 4. The Morgan fingerprint density at radius 3 is 1.09 bits per heavy atom. The zero-order valence-corrected chi connectivity index (χ0v) is 24.9. The minimum atomic E-state index is -1.03. The summed E-state index contributed by atoms with van der Waals surface area (Å²) in [4.78, 5) is 59.8. The van der Waals surface area contributed by atoms with E-state index in [2.05, 4.69) is 0 Å². The Kier molecular flexibility index (Phi) is 6.32. The Morgan fingerprint density at radius 2 is 0.761 bits per heavy atom. The number of halogens is 2. The van der Waals surface area contributed by atoms with Crippen LogP contribution in [0.25, 0.3) is 0 Å². The lowest BCUT2D eigenvalue weighted by molar-refractivity contribution is -0.136. The van der Waals surface area contributed by atoms with Crippen LogP contribution in [0.5, 0.6) is 0 Å². The number of hydrogen-bond donors (Lipinski definition) is 0. The number of amides is 4. The highest BCUT2D eigenvalue weighted by molar-refractivity contribution is 6.26. The van der Waals surface area contributed by atoms with Gasteiger partial charge < -0.3 is 0 Å². The van der Waals surface area contributed by atoms with Crippen molar-refractivity contribution >= 4 is 35.0 Å². The van der Waals surface area contributed by atoms with E-state index in [0.29, 0.717) is 11.1 Å². The number of hydrogen-bond acceptors (Lipinski definition) is 6. The van der Waals surface area contributed by atoms with Crippen LogP contribution in [0.4, 0.5) is 20.2 Å². The van der Waals surface area contributed by atoms with Gasteiger partial charge in [-0.2, -0.15) is 0 Å². The van der Waals surface area contributed by atoms with Crippen molar-refractivity contribution < 1.29 is 28.0 Å². The highest BCUT2D eigenvalue weighted by atomic mass is 19.1. The standard InChI is InChI=1S/C36H28F2N4O4/c1-19-3-7-21(8-4-19)29-27-31(35(45)39(33(27)43)25-15-11-23(37)12-16-25)42-30(22-9-5-20(2)6-10-22)28-32(41(29)42)36(46)40(34(28)44)26-17-13-24(38)14-18-26/h3-18,27-32H,1-2H3/t27-,28+,29-,30-,31+,32-/m1/s1. The Labute approximate surface area is 263 Å². The van der Waals surface area contributed by atoms with Gasteiger partial charge in [0.25, 0.3) is 11.8 Å². The summed E-state index contributed by atoms with van der Waals surface area (Å²) in [5.74, 6) is -4.78. The lowest BCUT2D eigenvalue weighted by atomic mass is 9.84. The molecule has 4 fully saturated rings. The molecule has 8 rings (SSSR count). The number of rotatable bonds is 4. The van der Waals surface area contributed by atoms with Crippen molar-refractivity contribution in [3.63, 3.8) is 0 Å². The highest BCUT2D eigenvalue weighted by Crippen LogP contribution is 2.59. The van der Waals surface area contributed by atoms with Gasteiger partial charge in [-0.1, -0.05) is 59.7 Å². The lowest BCUT2D eigenvalue weighted by Gasteiger charge is -2.35. The Morgan fingerprint density at radius 1 is 0.435 bits per heavy atom. The lowest BCUT2D eigenvalue weighted by Crippen LogP contribution is -2.50. The van der Waals surface area contributed by atoms with Gasteiger partial charge in [0.15, 0.2) is 0 Å². The van der Waals surface area contributed by atoms with Crippen molar-refractivity contribution in [2.45, 2.75) is 38.0 Å². The molecule has 0 aliphatic carbocycles. The van der Waals surface area contributed by atoms with Crippen LogP contribution >= 0.6 is 0 Å². The molecule has 0 aromatic heterocycles. The van der Waals surface area contributed by atoms with Crippen molar-refractivity contribution in [2.24, 2.45) is 11.8 Å². The minimum absolute atomic E-state index is 0.251. The van der Waals surface area contributed by atoms with Gasteiger partial charge in [-0.3, -0.25) is 19.2 Å². The van der Waals surface area contributed by atoms with Crippen LogP contribution in [-0.2, 0) is 19.2 Å². The minimum Gasteiger partial charge on any atom is -0.274 e. The zero-order chi connectivity index (χ0) is 32.0. The summed E-state index contributed by atoms with van der Waals surface area (Å²) < 4.78 is 27.7. The van der Waals surface area contributed by atoms with E-state index in [0.717, 1.165) is 20.9 Å². The van der Waals surface area contributed by atoms with E-state index in [9.17, 15) is 28.0 Å². The van der Waals surface area contributed by atoms with E-state index >= 15 is 0 Å². The van der Waals surface area contributed by atoms with Crippen LogP contribution in [0.3, 0.4) is 0 Å². The van der Waals surface area contributed by atoms with Crippen molar-refractivity contribution in [1.29, 1.82) is 0 Å². The summed E-state index contributed by atoms with van der Waals surface area (Å²) in [5.41, 5.74) is 3.91. The molecule has 4 aromatic carbocycles. The second kappa shape index (κ2) is 10.2. The molecular formula is C36H28F2N4O4. The maximum atomic E-state index is 14.4. The van der Waals surface area contributed by atoms with Gasteiger partial charge in [-0.05, 0) is 73.5 Å². The van der Waals surface area contributed by atoms with Crippen LogP contribution < -0.4 is 9.80 Å². The topological polar surface area (TPSA) is 81.2 Å². The van der Waals surface area contributed by atoms with E-state index in [1.807, 2.05) is 62.4 Å². The molecule has 4 heterocycles. The second-order valence-electron chi connectivity index (χ2n) is 12.4. The van der Waals surface area contributed by atoms with Crippen LogP contribution in [0.2, 0.25) is 0 Å². The van der Waals surface area contributed by atoms with E-state index in [1.165, 1.54) is 48.5 Å². The number of hydrazine groups is 1. The quantitative estimate of drug-likeness (QED) is 0.299. The predicted octanol–water partition coefficient (Wildman–Crippen LogP) is 5.03. The Hall–Kier alpha value is -5.06. The fourth-order valence-electron chi connectivity index (χ4n) is 7.71. The molecule has 46 heavy (non-hydrogen) atoms. The van der Waals surface area contributed by atoms with Gasteiger partial charge in [-0.15, -0.1) is 0 Å². The molecule has 6 atom stereocenters. The molecule has 0 unspecified atom stereocenters. The molecule has 0 N–H and O–H groups in total. The summed E-state index contributed by atoms with van der Waals surface area (Å²) >= 11 is 0. The first-order valence-corrected chi connectivity index (χ1v) is 15.1. The van der Waals surface area contributed by atoms with E-state index in [1.54, 1.807) is 10.0 Å². The van der Waals surface area contributed by atoms with Gasteiger partial charge in [0.2, 0.25) is 11.8 Å². The third-order valence-electron chi connectivity index (χ3n) is 9.73. The zero-order valence-electron chi connectivity index (χ0n) is 24.9. The number of benzene rings is 4. The van der Waals surface area contributed by atoms with Crippen LogP contribution in [0.1, 0.15) is 34.3 Å². The van der Waals surface area contributed by atoms with Crippen LogP contribution in [0, 0.1) is 37.3 Å². The molecule has 10 heteroatoms. The number of aryl methyl sites for hydroxylation is 2. The van der Waals surface area contributed by atoms with Gasteiger partial charge in [0.1, 0.15) is 23.7 Å². The fraction of sp³-hybridized carbons (Fsp3) is 0.222. The molecular weight excluding hydrogens is 590 g/mol. The smallest absolute Gasteiger partial charge is 0.253 e. The Balaban J connectivity index is 1.32. The van der Waals surface area contributed by atoms with E-state index in [4.69, 9.17) is 0 Å². The maximum absolute atomic E-state index is 14.4. The normalized spacial score (nSPS) is 27.5. The summed E-state index contributed by atoms with van der Waals surface area (Å²) in [6.07, 6.45) is 0. The predicted molar refractivity (Wildman–Crippen MR) is 164 cm³/mol. The molecule has 4 aromatic rings. The average Bonchev–Trinajstić information content (AvgIpc) is 3.71. The molecule has 8 nitrogen and oxygen atoms in total. The second-order valence-corrected chi connectivity index (χ2v) is 12.4. The molecule has 0 bridgehead atoms. The number of anilines is 2. The van der Waals surface area contributed by atoms with Crippen molar-refractivity contribution in [1.82, 2.24) is 10.0 Å². The van der Waals surface area contributed by atoms with Gasteiger partial charge in [0.05, 0.1) is 35.3 Å². The first-order chi connectivity index (χ1) is 22.2. The number of fused-ring (bicyclic) bond motifs is 5. The highest BCUT2D eigenvalue weighted by Gasteiger charge is 2.73. The molecule has 0 radical (unpaired) electrons. The summed E-state index contributed by atoms with van der Waals surface area (Å²) in [6.45, 7) is 3.88. The van der Waals surface area contributed by atoms with Crippen molar-refractivity contribution in [3.05, 3.63) is 131 Å². The molecule has 0 spiro atoms. The molecule has 4 saturated heterocycles. The van der Waals surface area contributed by atoms with Gasteiger partial charge in [0, 0.05) is 0 Å². The van der Waals surface area contributed by atoms with Crippen LogP contribution in [0.15, 0.2) is 97.1 Å². The third-order valence-corrected chi connectivity index (χ3v) is 9.73. The average molecular weight is 619 g/mol. The summed E-state index contributed by atoms with van der Waals surface area (Å²) in [5, 5.41) is 3.58. The van der Waals surface area contributed by atoms with Gasteiger partial charge in [-0.25, -0.2) is 28.6 Å². The Bertz CT molecular complexity index is 1770. The molecule has 4 aliphatic rings. The summed E-state index contributed by atoms with van der Waals surface area (Å²) in [7, 11) is 0. The maximum Gasteiger partial charge on any atom is 0.253 e. The molecule has 4 aliphatic heterocycles. The molecule has 4 amide bonds. The van der Waals surface area contributed by atoms with Crippen LogP contribution in [-0.4, -0.2) is 45.7 Å². The largest absolute Gasteiger partial charge is 0.274 e. The fourth-order valence-corrected chi connectivity index (χ4v) is 7.71. The first-order valence-electron chi connectivity index (χ1n) is 15.1. The first kappa shape index (κ1) is 28.4. The monoisotopic (exact) mass is 618 g/mol. The number of nitrogens with zero attached hydrogens (tertiary/aromatic N) is 4. The molecule has 0 saturated carbocycles. The molecule has 230 valence electrons. The van der Waals surface area contributed by atoms with E-state index < -0.39 is 71.3 Å². The SMILES string of the molecule is Cc1ccc([C@@H]2[C@@H]3C(=O)N(c4ccc(F)cc4)C(=O)[C@@H]3N3[C@H](c4ccc(C)cc4)[C@H]4C(=O)N(c5ccc(F)cc5)C(=O)[C@H]4N23)cc1. The number of imide groups is 2. The van der Waals surface area contributed by atoms with Gasteiger partial charge >= 0.3 is 0 Å². The summed E-state index contributed by atoms with van der Waals surface area (Å²) in [6, 6.07) is 22.0. The van der Waals surface area contributed by atoms with Crippen molar-refractivity contribution in [3.8, 4) is 0 Å². The van der Waals surface area contributed by atoms with E-state index in [-0.39, 0.29) is 11.4 Å².